The number of rotatable bonds is 3. The first kappa shape index (κ1) is 16.2. The molecule has 2 aliphatic carbocycles. The summed E-state index contributed by atoms with van der Waals surface area (Å²) in [6.07, 6.45) is 2.71. The molecule has 2 aromatic heterocycles. The zero-order chi connectivity index (χ0) is 17.8. The van der Waals surface area contributed by atoms with Crippen LogP contribution in [-0.4, -0.2) is 33.1 Å². The summed E-state index contributed by atoms with van der Waals surface area (Å²) in [5.74, 6) is -4.29. The highest BCUT2D eigenvalue weighted by molar-refractivity contribution is 5.83. The zero-order valence-electron chi connectivity index (χ0n) is 13.9. The van der Waals surface area contributed by atoms with Gasteiger partial charge in [0.05, 0.1) is 0 Å². The highest BCUT2D eigenvalue weighted by atomic mass is 19.3. The Morgan fingerprint density at radius 2 is 2.00 bits per heavy atom. The second-order valence-corrected chi connectivity index (χ2v) is 7.24. The van der Waals surface area contributed by atoms with E-state index < -0.39 is 17.7 Å². The second kappa shape index (κ2) is 5.64. The molecule has 134 valence electrons. The van der Waals surface area contributed by atoms with Gasteiger partial charge in [0.1, 0.15) is 5.92 Å². The molecule has 0 spiro atoms. The van der Waals surface area contributed by atoms with Crippen LogP contribution in [0.15, 0.2) is 10.9 Å². The van der Waals surface area contributed by atoms with Gasteiger partial charge in [-0.05, 0) is 44.1 Å². The van der Waals surface area contributed by atoms with Gasteiger partial charge in [0.15, 0.2) is 5.65 Å². The van der Waals surface area contributed by atoms with Crippen molar-refractivity contribution in [3.8, 4) is 0 Å². The molecule has 3 N–H and O–H groups in total. The maximum Gasteiger partial charge on any atom is 0.260 e. The van der Waals surface area contributed by atoms with Crippen molar-refractivity contribution in [2.45, 2.75) is 56.9 Å². The highest BCUT2D eigenvalue weighted by Gasteiger charge is 2.61. The molecule has 8 heteroatoms. The number of hydrogen-bond donors (Lipinski definition) is 3. The lowest BCUT2D eigenvalue weighted by atomic mass is 9.80. The number of aromatic amines is 2. The van der Waals surface area contributed by atoms with Crippen LogP contribution in [0.2, 0.25) is 0 Å². The molecule has 0 aromatic carbocycles. The number of nitrogens with zero attached hydrogens (tertiary/aromatic N) is 1. The standard InChI is InChI=1S/C17H20F2N4O2/c1-8-14-11(6-13(24)21-15(14)23-22-8)9-2-4-10(5-3-9)20-16(25)12-7-17(12,18)19/h6,9-10,12H,2-5,7H2,1H3,(H,20,25)(H2,21,22,23,24)/t9?,10?,12-/m0/s1. The fourth-order valence-electron chi connectivity index (χ4n) is 3.91. The Hall–Kier alpha value is -2.25. The van der Waals surface area contributed by atoms with Crippen molar-refractivity contribution < 1.29 is 13.6 Å². The minimum Gasteiger partial charge on any atom is -0.353 e. The maximum atomic E-state index is 13.0. The van der Waals surface area contributed by atoms with Crippen LogP contribution in [-0.2, 0) is 4.79 Å². The summed E-state index contributed by atoms with van der Waals surface area (Å²) >= 11 is 0. The van der Waals surface area contributed by atoms with Gasteiger partial charge in [-0.25, -0.2) is 8.78 Å². The predicted octanol–water partition coefficient (Wildman–Crippen LogP) is 2.36. The quantitative estimate of drug-likeness (QED) is 0.794. The zero-order valence-corrected chi connectivity index (χ0v) is 13.9. The SMILES string of the molecule is Cc1[nH]nc2[nH]c(=O)cc(C3CCC(NC(=O)[C@@H]4CC4(F)F)CC3)c12. The Kier molecular flexibility index (Phi) is 3.66. The molecule has 4 rings (SSSR count). The third kappa shape index (κ3) is 2.94. The van der Waals surface area contributed by atoms with E-state index in [-0.39, 0.29) is 23.9 Å². The van der Waals surface area contributed by atoms with Crippen LogP contribution >= 0.6 is 0 Å². The molecule has 2 aliphatic rings. The molecule has 1 amide bonds. The summed E-state index contributed by atoms with van der Waals surface area (Å²) in [4.78, 5) is 26.4. The molecule has 0 saturated heterocycles. The average Bonchev–Trinajstić information content (AvgIpc) is 3.06. The van der Waals surface area contributed by atoms with Gasteiger partial charge >= 0.3 is 0 Å². The number of alkyl halides is 2. The lowest BCUT2D eigenvalue weighted by molar-refractivity contribution is -0.125. The molecule has 0 bridgehead atoms. The summed E-state index contributed by atoms with van der Waals surface area (Å²) in [5, 5.41) is 10.7. The molecule has 0 unspecified atom stereocenters. The summed E-state index contributed by atoms with van der Waals surface area (Å²) in [6.45, 7) is 1.92. The number of pyridine rings is 1. The Bertz CT molecular complexity index is 880. The Morgan fingerprint density at radius 1 is 1.32 bits per heavy atom. The van der Waals surface area contributed by atoms with E-state index in [9.17, 15) is 18.4 Å². The van der Waals surface area contributed by atoms with Crippen molar-refractivity contribution in [3.63, 3.8) is 0 Å². The maximum absolute atomic E-state index is 13.0. The van der Waals surface area contributed by atoms with Gasteiger partial charge in [-0.1, -0.05) is 0 Å². The van der Waals surface area contributed by atoms with E-state index in [1.807, 2.05) is 6.92 Å². The highest BCUT2D eigenvalue weighted by Crippen LogP contribution is 2.48. The first-order chi connectivity index (χ1) is 11.8. The Morgan fingerprint density at radius 3 is 2.64 bits per heavy atom. The third-order valence-electron chi connectivity index (χ3n) is 5.42. The minimum atomic E-state index is -2.82. The number of carbonyl (C=O) groups excluding carboxylic acids is 1. The first-order valence-corrected chi connectivity index (χ1v) is 8.61. The van der Waals surface area contributed by atoms with E-state index in [1.54, 1.807) is 6.07 Å². The molecule has 25 heavy (non-hydrogen) atoms. The summed E-state index contributed by atoms with van der Waals surface area (Å²) in [5.41, 5.74) is 2.27. The lowest BCUT2D eigenvalue weighted by Crippen LogP contribution is -2.39. The number of carbonyl (C=O) groups is 1. The molecule has 0 aliphatic heterocycles. The van der Waals surface area contributed by atoms with Crippen LogP contribution in [0, 0.1) is 12.8 Å². The van der Waals surface area contributed by atoms with Crippen LogP contribution in [0.3, 0.4) is 0 Å². The van der Waals surface area contributed by atoms with Crippen molar-refractivity contribution in [2.24, 2.45) is 5.92 Å². The van der Waals surface area contributed by atoms with E-state index in [4.69, 9.17) is 0 Å². The topological polar surface area (TPSA) is 90.6 Å². The molecule has 6 nitrogen and oxygen atoms in total. The van der Waals surface area contributed by atoms with Crippen molar-refractivity contribution >= 4 is 16.9 Å². The van der Waals surface area contributed by atoms with Crippen molar-refractivity contribution in [2.75, 3.05) is 0 Å². The second-order valence-electron chi connectivity index (χ2n) is 7.24. The summed E-state index contributed by atoms with van der Waals surface area (Å²) in [7, 11) is 0. The number of hydrogen-bond acceptors (Lipinski definition) is 3. The molecular weight excluding hydrogens is 330 g/mol. The monoisotopic (exact) mass is 350 g/mol. The summed E-state index contributed by atoms with van der Waals surface area (Å²) < 4.78 is 26.0. The van der Waals surface area contributed by atoms with Gasteiger partial charge in [0, 0.05) is 29.6 Å². The molecule has 2 saturated carbocycles. The molecular formula is C17H20F2N4O2. The van der Waals surface area contributed by atoms with Gasteiger partial charge in [-0.15, -0.1) is 0 Å². The van der Waals surface area contributed by atoms with Gasteiger partial charge < -0.3 is 10.3 Å². The normalized spacial score (nSPS) is 28.0. The fraction of sp³-hybridized carbons (Fsp3) is 0.588. The molecule has 2 heterocycles. The molecule has 1 atom stereocenters. The predicted molar refractivity (Wildman–Crippen MR) is 87.6 cm³/mol. The number of nitrogens with one attached hydrogen (secondary N) is 3. The summed E-state index contributed by atoms with van der Waals surface area (Å²) in [6, 6.07) is 1.56. The Labute approximate surface area is 142 Å². The van der Waals surface area contributed by atoms with Crippen molar-refractivity contribution in [1.29, 1.82) is 0 Å². The number of aryl methyl sites for hydroxylation is 1. The van der Waals surface area contributed by atoms with Crippen LogP contribution in [0.1, 0.15) is 49.3 Å². The third-order valence-corrected chi connectivity index (χ3v) is 5.42. The average molecular weight is 350 g/mol. The largest absolute Gasteiger partial charge is 0.353 e. The number of aromatic nitrogens is 3. The van der Waals surface area contributed by atoms with Gasteiger partial charge in [-0.2, -0.15) is 5.10 Å². The van der Waals surface area contributed by atoms with Gasteiger partial charge in [0.25, 0.3) is 5.92 Å². The van der Waals surface area contributed by atoms with E-state index in [0.29, 0.717) is 5.65 Å². The lowest BCUT2D eigenvalue weighted by Gasteiger charge is -2.29. The van der Waals surface area contributed by atoms with Crippen molar-refractivity contribution in [1.82, 2.24) is 20.5 Å². The minimum absolute atomic E-state index is 0.0666. The number of fused-ring (bicyclic) bond motifs is 1. The van der Waals surface area contributed by atoms with E-state index in [2.05, 4.69) is 20.5 Å². The van der Waals surface area contributed by atoms with Crippen molar-refractivity contribution in [3.05, 3.63) is 27.7 Å². The van der Waals surface area contributed by atoms with E-state index >= 15 is 0 Å². The smallest absolute Gasteiger partial charge is 0.260 e. The van der Waals surface area contributed by atoms with E-state index in [0.717, 1.165) is 42.3 Å². The molecule has 2 fully saturated rings. The molecule has 0 radical (unpaired) electrons. The fourth-order valence-corrected chi connectivity index (χ4v) is 3.91. The molecule has 2 aromatic rings. The number of halogens is 2. The first-order valence-electron chi connectivity index (χ1n) is 8.61. The van der Waals surface area contributed by atoms with Gasteiger partial charge in [-0.3, -0.25) is 14.7 Å². The number of amides is 1. The van der Waals surface area contributed by atoms with Crippen LogP contribution < -0.4 is 10.9 Å². The van der Waals surface area contributed by atoms with Gasteiger partial charge in [0.2, 0.25) is 11.5 Å². The van der Waals surface area contributed by atoms with Crippen LogP contribution in [0.25, 0.3) is 11.0 Å². The van der Waals surface area contributed by atoms with E-state index in [1.165, 1.54) is 0 Å². The van der Waals surface area contributed by atoms with Crippen LogP contribution in [0.4, 0.5) is 8.78 Å². The number of H-pyrrole nitrogens is 2. The van der Waals surface area contributed by atoms with Crippen LogP contribution in [0.5, 0.6) is 0 Å². The Balaban J connectivity index is 1.45.